The first-order valence-electron chi connectivity index (χ1n) is 3.75. The fraction of sp³-hybridized carbons (Fsp3) is 0.222. The Balaban J connectivity index is 2.68. The van der Waals surface area contributed by atoms with Crippen molar-refractivity contribution in [1.29, 1.82) is 0 Å². The van der Waals surface area contributed by atoms with Crippen LogP contribution in [-0.2, 0) is 11.2 Å². The second-order valence-corrected chi connectivity index (χ2v) is 3.90. The van der Waals surface area contributed by atoms with Gasteiger partial charge in [0.25, 0.3) is 0 Å². The number of carboxylic acid groups (broad SMARTS) is 1. The lowest BCUT2D eigenvalue weighted by atomic mass is 10.1. The van der Waals surface area contributed by atoms with E-state index in [9.17, 15) is 4.79 Å². The van der Waals surface area contributed by atoms with Gasteiger partial charge in [-0.15, -0.1) is 0 Å². The normalized spacial score (nSPS) is 10.0. The van der Waals surface area contributed by atoms with Crippen molar-refractivity contribution < 1.29 is 9.90 Å². The summed E-state index contributed by atoms with van der Waals surface area (Å²) < 4.78 is 0.803. The summed E-state index contributed by atoms with van der Waals surface area (Å²) in [5, 5.41) is 9.10. The van der Waals surface area contributed by atoms with Crippen molar-refractivity contribution >= 4 is 33.5 Å². The molecule has 0 radical (unpaired) electrons. The summed E-state index contributed by atoms with van der Waals surface area (Å²) in [4.78, 5) is 10.3. The minimum absolute atomic E-state index is 0.147. The average Bonchev–Trinajstić information content (AvgIpc) is 2.07. The topological polar surface area (TPSA) is 37.3 Å². The molecule has 0 aromatic heterocycles. The SMILES string of the molecule is O=C(O)CCc1ccc(Cl)c(Br)c1. The van der Waals surface area contributed by atoms with E-state index in [0.717, 1.165) is 10.0 Å². The number of hydrogen-bond donors (Lipinski definition) is 1. The van der Waals surface area contributed by atoms with E-state index in [2.05, 4.69) is 15.9 Å². The van der Waals surface area contributed by atoms with Crippen molar-refractivity contribution in [3.63, 3.8) is 0 Å². The van der Waals surface area contributed by atoms with Gasteiger partial charge in [0.1, 0.15) is 0 Å². The number of benzene rings is 1. The molecule has 0 aliphatic carbocycles. The third-order valence-electron chi connectivity index (χ3n) is 1.61. The summed E-state index contributed by atoms with van der Waals surface area (Å²) in [5.74, 6) is -0.786. The Labute approximate surface area is 89.7 Å². The van der Waals surface area contributed by atoms with Gasteiger partial charge in [0.2, 0.25) is 0 Å². The second kappa shape index (κ2) is 4.63. The molecule has 0 unspecified atom stereocenters. The van der Waals surface area contributed by atoms with Crippen LogP contribution in [0.25, 0.3) is 0 Å². The van der Waals surface area contributed by atoms with Crippen LogP contribution in [0.15, 0.2) is 22.7 Å². The highest BCUT2D eigenvalue weighted by Gasteiger charge is 2.01. The lowest BCUT2D eigenvalue weighted by molar-refractivity contribution is -0.136. The van der Waals surface area contributed by atoms with Gasteiger partial charge in [-0.25, -0.2) is 0 Å². The molecular weight excluding hydrogens is 255 g/mol. The van der Waals surface area contributed by atoms with Gasteiger partial charge in [0, 0.05) is 10.9 Å². The van der Waals surface area contributed by atoms with Crippen LogP contribution in [0.3, 0.4) is 0 Å². The number of hydrogen-bond acceptors (Lipinski definition) is 1. The summed E-state index contributed by atoms with van der Waals surface area (Å²) >= 11 is 9.05. The Hall–Kier alpha value is -0.540. The largest absolute Gasteiger partial charge is 0.481 e. The molecule has 0 saturated heterocycles. The zero-order chi connectivity index (χ0) is 9.84. The van der Waals surface area contributed by atoms with Gasteiger partial charge in [-0.1, -0.05) is 17.7 Å². The van der Waals surface area contributed by atoms with Gasteiger partial charge in [-0.05, 0) is 40.0 Å². The minimum Gasteiger partial charge on any atom is -0.481 e. The maximum absolute atomic E-state index is 10.3. The first-order valence-corrected chi connectivity index (χ1v) is 4.92. The summed E-state index contributed by atoms with van der Waals surface area (Å²) in [6, 6.07) is 5.42. The van der Waals surface area contributed by atoms with Gasteiger partial charge in [0.15, 0.2) is 0 Å². The average molecular weight is 264 g/mol. The summed E-state index contributed by atoms with van der Waals surface area (Å²) in [6.07, 6.45) is 0.680. The zero-order valence-corrected chi connectivity index (χ0v) is 9.10. The number of rotatable bonds is 3. The molecule has 70 valence electrons. The summed E-state index contributed by atoms with van der Waals surface area (Å²) in [7, 11) is 0. The maximum Gasteiger partial charge on any atom is 0.303 e. The molecule has 0 bridgehead atoms. The first-order chi connectivity index (χ1) is 6.09. The number of halogens is 2. The van der Waals surface area contributed by atoms with Crippen molar-refractivity contribution in [2.24, 2.45) is 0 Å². The first kappa shape index (κ1) is 10.5. The molecule has 0 aliphatic rings. The lowest BCUT2D eigenvalue weighted by Gasteiger charge is -2.00. The van der Waals surface area contributed by atoms with Crippen molar-refractivity contribution in [3.8, 4) is 0 Å². The van der Waals surface area contributed by atoms with Gasteiger partial charge < -0.3 is 5.11 Å². The standard InChI is InChI=1S/C9H8BrClO2/c10-7-5-6(1-3-8(7)11)2-4-9(12)13/h1,3,5H,2,4H2,(H,12,13). The molecule has 0 fully saturated rings. The van der Waals surface area contributed by atoms with E-state index in [1.807, 2.05) is 12.1 Å². The fourth-order valence-corrected chi connectivity index (χ4v) is 1.49. The van der Waals surface area contributed by atoms with E-state index >= 15 is 0 Å². The molecule has 0 atom stereocenters. The monoisotopic (exact) mass is 262 g/mol. The van der Waals surface area contributed by atoms with E-state index in [4.69, 9.17) is 16.7 Å². The Morgan fingerprint density at radius 1 is 1.54 bits per heavy atom. The van der Waals surface area contributed by atoms with E-state index in [0.29, 0.717) is 11.4 Å². The highest BCUT2D eigenvalue weighted by molar-refractivity contribution is 9.10. The van der Waals surface area contributed by atoms with Crippen molar-refractivity contribution in [3.05, 3.63) is 33.3 Å². The molecule has 4 heteroatoms. The predicted molar refractivity (Wildman–Crippen MR) is 55.1 cm³/mol. The van der Waals surface area contributed by atoms with Crippen LogP contribution in [-0.4, -0.2) is 11.1 Å². The number of carbonyl (C=O) groups is 1. The zero-order valence-electron chi connectivity index (χ0n) is 6.76. The van der Waals surface area contributed by atoms with E-state index in [-0.39, 0.29) is 6.42 Å². The molecule has 1 N–H and O–H groups in total. The summed E-state index contributed by atoms with van der Waals surface area (Å²) in [6.45, 7) is 0. The Morgan fingerprint density at radius 3 is 2.77 bits per heavy atom. The van der Waals surface area contributed by atoms with Crippen LogP contribution in [0.5, 0.6) is 0 Å². The van der Waals surface area contributed by atoms with Crippen molar-refractivity contribution in [2.75, 3.05) is 0 Å². The van der Waals surface area contributed by atoms with Crippen LogP contribution < -0.4 is 0 Å². The Bertz CT molecular complexity index is 325. The van der Waals surface area contributed by atoms with E-state index < -0.39 is 5.97 Å². The highest BCUT2D eigenvalue weighted by Crippen LogP contribution is 2.23. The second-order valence-electron chi connectivity index (χ2n) is 2.64. The Morgan fingerprint density at radius 2 is 2.23 bits per heavy atom. The van der Waals surface area contributed by atoms with Crippen molar-refractivity contribution in [1.82, 2.24) is 0 Å². The molecular formula is C9H8BrClO2. The van der Waals surface area contributed by atoms with E-state index in [1.54, 1.807) is 6.07 Å². The van der Waals surface area contributed by atoms with Gasteiger partial charge in [0.05, 0.1) is 5.02 Å². The molecule has 0 saturated carbocycles. The quantitative estimate of drug-likeness (QED) is 0.910. The third kappa shape index (κ3) is 3.36. The van der Waals surface area contributed by atoms with Gasteiger partial charge in [-0.2, -0.15) is 0 Å². The Kier molecular flexibility index (Phi) is 3.75. The van der Waals surface area contributed by atoms with Gasteiger partial charge >= 0.3 is 5.97 Å². The van der Waals surface area contributed by atoms with Crippen LogP contribution in [0.2, 0.25) is 5.02 Å². The highest BCUT2D eigenvalue weighted by atomic mass is 79.9. The molecule has 1 aromatic carbocycles. The van der Waals surface area contributed by atoms with Crippen molar-refractivity contribution in [2.45, 2.75) is 12.8 Å². The molecule has 13 heavy (non-hydrogen) atoms. The van der Waals surface area contributed by atoms with Crippen LogP contribution >= 0.6 is 27.5 Å². The van der Waals surface area contributed by atoms with E-state index in [1.165, 1.54) is 0 Å². The molecule has 0 aliphatic heterocycles. The molecule has 1 rings (SSSR count). The van der Waals surface area contributed by atoms with Crippen LogP contribution in [0, 0.1) is 0 Å². The number of carboxylic acids is 1. The molecule has 2 nitrogen and oxygen atoms in total. The fourth-order valence-electron chi connectivity index (χ4n) is 0.946. The lowest BCUT2D eigenvalue weighted by Crippen LogP contribution is -1.97. The molecule has 0 heterocycles. The van der Waals surface area contributed by atoms with Gasteiger partial charge in [-0.3, -0.25) is 4.79 Å². The summed E-state index contributed by atoms with van der Waals surface area (Å²) in [5.41, 5.74) is 0.971. The predicted octanol–water partition coefficient (Wildman–Crippen LogP) is 3.12. The maximum atomic E-state index is 10.3. The smallest absolute Gasteiger partial charge is 0.303 e. The third-order valence-corrected chi connectivity index (χ3v) is 2.83. The molecule has 0 amide bonds. The van der Waals surface area contributed by atoms with Crippen LogP contribution in [0.1, 0.15) is 12.0 Å². The molecule has 1 aromatic rings. The minimum atomic E-state index is -0.786. The van der Waals surface area contributed by atoms with Crippen LogP contribution in [0.4, 0.5) is 0 Å². The molecule has 0 spiro atoms. The number of aliphatic carboxylic acids is 1. The number of aryl methyl sites for hydroxylation is 1.